The predicted molar refractivity (Wildman–Crippen MR) is 71.1 cm³/mol. The predicted octanol–water partition coefficient (Wildman–Crippen LogP) is 1.92. The Morgan fingerprint density at radius 1 is 1.42 bits per heavy atom. The van der Waals surface area contributed by atoms with Crippen molar-refractivity contribution in [3.8, 4) is 0 Å². The molecular formula is C13H16N2O4. The molecule has 0 aromatic heterocycles. The molecule has 6 heteroatoms. The van der Waals surface area contributed by atoms with Crippen LogP contribution in [0.2, 0.25) is 0 Å². The zero-order valence-corrected chi connectivity index (χ0v) is 10.7. The molecule has 0 spiro atoms. The van der Waals surface area contributed by atoms with E-state index in [1.54, 1.807) is 0 Å². The summed E-state index contributed by atoms with van der Waals surface area (Å²) in [4.78, 5) is 21.6. The van der Waals surface area contributed by atoms with Gasteiger partial charge >= 0.3 is 0 Å². The molecule has 19 heavy (non-hydrogen) atoms. The highest BCUT2D eigenvalue weighted by molar-refractivity contribution is 5.94. The molecule has 1 amide bonds. The molecule has 102 valence electrons. The molecule has 1 aromatic rings. The molecule has 0 unspecified atom stereocenters. The SMILES string of the molecule is C=C(C)COCCNC(=O)c1ccc([N+](=O)[O-])cc1. The van der Waals surface area contributed by atoms with Crippen molar-refractivity contribution >= 4 is 11.6 Å². The lowest BCUT2D eigenvalue weighted by molar-refractivity contribution is -0.384. The monoisotopic (exact) mass is 264 g/mol. The van der Waals surface area contributed by atoms with E-state index in [1.807, 2.05) is 6.92 Å². The third kappa shape index (κ3) is 5.31. The molecule has 6 nitrogen and oxygen atoms in total. The Kier molecular flexibility index (Phi) is 5.69. The van der Waals surface area contributed by atoms with Gasteiger partial charge in [0, 0.05) is 24.2 Å². The summed E-state index contributed by atoms with van der Waals surface area (Å²) in [5, 5.41) is 13.1. The minimum Gasteiger partial charge on any atom is -0.375 e. The Labute approximate surface area is 111 Å². The molecule has 1 aromatic carbocycles. The molecular weight excluding hydrogens is 248 g/mol. The second-order valence-corrected chi connectivity index (χ2v) is 4.07. The Balaban J connectivity index is 2.37. The van der Waals surface area contributed by atoms with Crippen LogP contribution in [-0.2, 0) is 4.74 Å². The maximum Gasteiger partial charge on any atom is 0.269 e. The van der Waals surface area contributed by atoms with Gasteiger partial charge < -0.3 is 10.1 Å². The Morgan fingerprint density at radius 3 is 2.58 bits per heavy atom. The van der Waals surface area contributed by atoms with Gasteiger partial charge in [-0.2, -0.15) is 0 Å². The average Bonchev–Trinajstić information content (AvgIpc) is 2.37. The van der Waals surface area contributed by atoms with Gasteiger partial charge in [0.15, 0.2) is 0 Å². The quantitative estimate of drug-likeness (QED) is 0.353. The van der Waals surface area contributed by atoms with Crippen molar-refractivity contribution in [1.82, 2.24) is 5.32 Å². The van der Waals surface area contributed by atoms with Crippen molar-refractivity contribution < 1.29 is 14.5 Å². The van der Waals surface area contributed by atoms with E-state index < -0.39 is 4.92 Å². The van der Waals surface area contributed by atoms with Crippen LogP contribution in [-0.4, -0.2) is 30.6 Å². The van der Waals surface area contributed by atoms with Crippen molar-refractivity contribution in [2.45, 2.75) is 6.92 Å². The number of nitrogens with zero attached hydrogens (tertiary/aromatic N) is 1. The van der Waals surface area contributed by atoms with Crippen LogP contribution in [0, 0.1) is 10.1 Å². The van der Waals surface area contributed by atoms with E-state index >= 15 is 0 Å². The summed E-state index contributed by atoms with van der Waals surface area (Å²) >= 11 is 0. The van der Waals surface area contributed by atoms with Gasteiger partial charge in [0.05, 0.1) is 18.1 Å². The fourth-order valence-corrected chi connectivity index (χ4v) is 1.32. The largest absolute Gasteiger partial charge is 0.375 e. The number of carbonyl (C=O) groups is 1. The fraction of sp³-hybridized carbons (Fsp3) is 0.308. The lowest BCUT2D eigenvalue weighted by Gasteiger charge is -2.06. The van der Waals surface area contributed by atoms with Crippen LogP contribution in [0.1, 0.15) is 17.3 Å². The summed E-state index contributed by atoms with van der Waals surface area (Å²) < 4.78 is 5.23. The number of hydrogen-bond acceptors (Lipinski definition) is 4. The summed E-state index contributed by atoms with van der Waals surface area (Å²) in [7, 11) is 0. The maximum atomic E-state index is 11.7. The number of non-ortho nitro benzene ring substituents is 1. The van der Waals surface area contributed by atoms with Gasteiger partial charge in [-0.15, -0.1) is 0 Å². The molecule has 0 bridgehead atoms. The van der Waals surface area contributed by atoms with Crippen LogP contribution in [0.3, 0.4) is 0 Å². The van der Waals surface area contributed by atoms with E-state index in [2.05, 4.69) is 11.9 Å². The molecule has 0 aliphatic rings. The molecule has 1 rings (SSSR count). The van der Waals surface area contributed by atoms with Gasteiger partial charge in [-0.05, 0) is 19.1 Å². The second-order valence-electron chi connectivity index (χ2n) is 4.07. The number of ether oxygens (including phenoxy) is 1. The fourth-order valence-electron chi connectivity index (χ4n) is 1.32. The minimum absolute atomic E-state index is 0.0404. The standard InChI is InChI=1S/C13H16N2O4/c1-10(2)9-19-8-7-14-13(16)11-3-5-12(6-4-11)15(17)18/h3-6H,1,7-9H2,2H3,(H,14,16). The summed E-state index contributed by atoms with van der Waals surface area (Å²) in [5.74, 6) is -0.283. The number of hydrogen-bond donors (Lipinski definition) is 1. The Morgan fingerprint density at radius 2 is 2.05 bits per heavy atom. The number of nitro groups is 1. The second kappa shape index (κ2) is 7.27. The lowest BCUT2D eigenvalue weighted by atomic mass is 10.2. The number of rotatable bonds is 7. The molecule has 0 saturated heterocycles. The van der Waals surface area contributed by atoms with Crippen LogP contribution >= 0.6 is 0 Å². The molecule has 0 radical (unpaired) electrons. The van der Waals surface area contributed by atoms with Gasteiger partial charge in [-0.1, -0.05) is 12.2 Å². The normalized spacial score (nSPS) is 9.95. The van der Waals surface area contributed by atoms with Gasteiger partial charge in [0.25, 0.3) is 11.6 Å². The van der Waals surface area contributed by atoms with Crippen LogP contribution in [0.4, 0.5) is 5.69 Å². The van der Waals surface area contributed by atoms with Crippen LogP contribution in [0.5, 0.6) is 0 Å². The average molecular weight is 264 g/mol. The Hall–Kier alpha value is -2.21. The molecule has 0 heterocycles. The van der Waals surface area contributed by atoms with E-state index in [9.17, 15) is 14.9 Å². The first-order chi connectivity index (χ1) is 9.00. The van der Waals surface area contributed by atoms with E-state index in [1.165, 1.54) is 24.3 Å². The zero-order chi connectivity index (χ0) is 14.3. The van der Waals surface area contributed by atoms with Gasteiger partial charge in [-0.3, -0.25) is 14.9 Å². The number of nitrogens with one attached hydrogen (secondary N) is 1. The van der Waals surface area contributed by atoms with Gasteiger partial charge in [-0.25, -0.2) is 0 Å². The smallest absolute Gasteiger partial charge is 0.269 e. The van der Waals surface area contributed by atoms with Crippen molar-refractivity contribution in [3.63, 3.8) is 0 Å². The topological polar surface area (TPSA) is 81.5 Å². The van der Waals surface area contributed by atoms with Crippen LogP contribution < -0.4 is 5.32 Å². The lowest BCUT2D eigenvalue weighted by Crippen LogP contribution is -2.27. The van der Waals surface area contributed by atoms with E-state index in [-0.39, 0.29) is 11.6 Å². The number of nitro benzene ring substituents is 1. The first kappa shape index (κ1) is 14.8. The molecule has 1 N–H and O–H groups in total. The number of benzene rings is 1. The van der Waals surface area contributed by atoms with E-state index in [0.717, 1.165) is 5.57 Å². The van der Waals surface area contributed by atoms with Crippen molar-refractivity contribution in [2.24, 2.45) is 0 Å². The number of carbonyl (C=O) groups excluding carboxylic acids is 1. The molecule has 0 saturated carbocycles. The van der Waals surface area contributed by atoms with Gasteiger partial charge in [0.1, 0.15) is 0 Å². The first-order valence-electron chi connectivity index (χ1n) is 5.75. The zero-order valence-electron chi connectivity index (χ0n) is 10.7. The highest BCUT2D eigenvalue weighted by atomic mass is 16.6. The van der Waals surface area contributed by atoms with Gasteiger partial charge in [0.2, 0.25) is 0 Å². The minimum atomic E-state index is -0.507. The van der Waals surface area contributed by atoms with E-state index in [4.69, 9.17) is 4.74 Å². The third-order valence-electron chi connectivity index (χ3n) is 2.22. The Bertz CT molecular complexity index is 468. The van der Waals surface area contributed by atoms with Crippen molar-refractivity contribution in [1.29, 1.82) is 0 Å². The summed E-state index contributed by atoms with van der Waals surface area (Å²) in [6, 6.07) is 5.43. The molecule has 0 aliphatic heterocycles. The van der Waals surface area contributed by atoms with Crippen molar-refractivity contribution in [2.75, 3.05) is 19.8 Å². The van der Waals surface area contributed by atoms with Crippen LogP contribution in [0.15, 0.2) is 36.4 Å². The highest BCUT2D eigenvalue weighted by Crippen LogP contribution is 2.11. The van der Waals surface area contributed by atoms with E-state index in [0.29, 0.717) is 25.3 Å². The van der Waals surface area contributed by atoms with Crippen LogP contribution in [0.25, 0.3) is 0 Å². The molecule has 0 atom stereocenters. The summed E-state index contributed by atoms with van der Waals surface area (Å²) in [5.41, 5.74) is 1.26. The third-order valence-corrected chi connectivity index (χ3v) is 2.22. The molecule has 0 aliphatic carbocycles. The van der Waals surface area contributed by atoms with Crippen molar-refractivity contribution in [3.05, 3.63) is 52.1 Å². The summed E-state index contributed by atoms with van der Waals surface area (Å²) in [6.45, 7) is 6.79. The highest BCUT2D eigenvalue weighted by Gasteiger charge is 2.08. The summed E-state index contributed by atoms with van der Waals surface area (Å²) in [6.07, 6.45) is 0. The first-order valence-corrected chi connectivity index (χ1v) is 5.75. The molecule has 0 fully saturated rings. The maximum absolute atomic E-state index is 11.7. The number of amides is 1.